The van der Waals surface area contributed by atoms with Gasteiger partial charge in [0.2, 0.25) is 10.0 Å². The second-order valence-corrected chi connectivity index (χ2v) is 7.53. The number of nitrogens with zero attached hydrogens (tertiary/aromatic N) is 2. The molecule has 0 radical (unpaired) electrons. The molecular formula is C18H22N4O3S. The molecule has 0 saturated heterocycles. The average Bonchev–Trinajstić information content (AvgIpc) is 2.61. The molecule has 138 valence electrons. The molecule has 1 atom stereocenters. The fourth-order valence-electron chi connectivity index (χ4n) is 2.63. The fraction of sp³-hybridized carbons (Fsp3) is 0.278. The summed E-state index contributed by atoms with van der Waals surface area (Å²) in [6.45, 7) is 0.439. The predicted molar refractivity (Wildman–Crippen MR) is 100 cm³/mol. The van der Waals surface area contributed by atoms with Gasteiger partial charge in [0.15, 0.2) is 0 Å². The minimum Gasteiger partial charge on any atom is -0.497 e. The summed E-state index contributed by atoms with van der Waals surface area (Å²) in [7, 11) is 1.52. The van der Waals surface area contributed by atoms with Crippen LogP contribution in [0.4, 0.5) is 5.69 Å². The minimum absolute atomic E-state index is 0.0333. The number of methoxy groups -OCH3 is 1. The highest BCUT2D eigenvalue weighted by Gasteiger charge is 2.18. The summed E-state index contributed by atoms with van der Waals surface area (Å²) in [6.07, 6.45) is 0. The first-order valence-corrected chi connectivity index (χ1v) is 9.42. The van der Waals surface area contributed by atoms with Crippen LogP contribution in [-0.4, -0.2) is 41.1 Å². The highest BCUT2D eigenvalue weighted by Crippen LogP contribution is 2.26. The van der Waals surface area contributed by atoms with Crippen molar-refractivity contribution in [2.45, 2.75) is 10.9 Å². The van der Waals surface area contributed by atoms with E-state index in [1.807, 2.05) is 49.3 Å². The van der Waals surface area contributed by atoms with E-state index >= 15 is 0 Å². The number of rotatable bonds is 7. The second kappa shape index (κ2) is 8.19. The lowest BCUT2D eigenvalue weighted by molar-refractivity contribution is 0.310. The van der Waals surface area contributed by atoms with E-state index in [0.29, 0.717) is 12.2 Å². The average molecular weight is 374 g/mol. The summed E-state index contributed by atoms with van der Waals surface area (Å²) in [5.41, 5.74) is 1.62. The van der Waals surface area contributed by atoms with Crippen molar-refractivity contribution in [2.75, 3.05) is 33.1 Å². The van der Waals surface area contributed by atoms with Crippen LogP contribution in [0.3, 0.4) is 0 Å². The van der Waals surface area contributed by atoms with Crippen LogP contribution in [0.15, 0.2) is 47.4 Å². The van der Waals surface area contributed by atoms with Crippen LogP contribution in [-0.2, 0) is 10.0 Å². The first-order chi connectivity index (χ1) is 12.3. The van der Waals surface area contributed by atoms with E-state index in [2.05, 4.69) is 5.32 Å². The third-order valence-electron chi connectivity index (χ3n) is 4.01. The van der Waals surface area contributed by atoms with Gasteiger partial charge in [0.25, 0.3) is 0 Å². The van der Waals surface area contributed by atoms with Crippen molar-refractivity contribution in [2.24, 2.45) is 5.14 Å². The van der Waals surface area contributed by atoms with Crippen molar-refractivity contribution < 1.29 is 13.2 Å². The number of sulfonamides is 1. The highest BCUT2D eigenvalue weighted by molar-refractivity contribution is 7.89. The first kappa shape index (κ1) is 19.7. The lowest BCUT2D eigenvalue weighted by Gasteiger charge is -2.26. The van der Waals surface area contributed by atoms with E-state index < -0.39 is 10.0 Å². The summed E-state index contributed by atoms with van der Waals surface area (Å²) in [5.74, 6) is 0.748. The molecule has 0 heterocycles. The number of anilines is 1. The Morgan fingerprint density at radius 1 is 1.27 bits per heavy atom. The number of nitrogens with one attached hydrogen (secondary N) is 1. The maximum Gasteiger partial charge on any atom is 0.240 e. The molecule has 0 aliphatic heterocycles. The van der Waals surface area contributed by atoms with Gasteiger partial charge in [0.05, 0.1) is 30.5 Å². The van der Waals surface area contributed by atoms with Gasteiger partial charge in [-0.2, -0.15) is 5.26 Å². The van der Waals surface area contributed by atoms with Gasteiger partial charge in [-0.25, -0.2) is 13.6 Å². The zero-order valence-corrected chi connectivity index (χ0v) is 15.7. The summed E-state index contributed by atoms with van der Waals surface area (Å²) in [5, 5.41) is 17.4. The molecule has 2 aromatic rings. The Morgan fingerprint density at radius 3 is 2.58 bits per heavy atom. The maximum atomic E-state index is 11.9. The van der Waals surface area contributed by atoms with Crippen molar-refractivity contribution in [3.63, 3.8) is 0 Å². The predicted octanol–water partition coefficient (Wildman–Crippen LogP) is 1.93. The van der Waals surface area contributed by atoms with Gasteiger partial charge in [-0.05, 0) is 50.0 Å². The molecule has 0 spiro atoms. The standard InChI is InChI=1S/C18H22N4O3S/c1-22(2)17(14-5-4-6-15(10-14)25-3)12-21-16-8-7-13(11-19)9-18(16)26(20,23)24/h4-10,17,21H,12H2,1-3H3,(H2,20,23,24)/t17-/m1/s1. The third kappa shape index (κ3) is 4.73. The smallest absolute Gasteiger partial charge is 0.240 e. The number of likely N-dealkylation sites (N-methyl/N-ethyl adjacent to an activating group) is 1. The quantitative estimate of drug-likeness (QED) is 0.766. The van der Waals surface area contributed by atoms with E-state index in [9.17, 15) is 8.42 Å². The Morgan fingerprint density at radius 2 is 2.00 bits per heavy atom. The van der Waals surface area contributed by atoms with E-state index in [-0.39, 0.29) is 16.5 Å². The van der Waals surface area contributed by atoms with E-state index in [0.717, 1.165) is 11.3 Å². The monoisotopic (exact) mass is 374 g/mol. The lowest BCUT2D eigenvalue weighted by atomic mass is 10.1. The molecule has 2 rings (SSSR count). The van der Waals surface area contributed by atoms with Gasteiger partial charge in [-0.15, -0.1) is 0 Å². The van der Waals surface area contributed by atoms with E-state index in [4.69, 9.17) is 15.1 Å². The third-order valence-corrected chi connectivity index (χ3v) is 4.96. The molecule has 0 bridgehead atoms. The molecule has 0 saturated carbocycles. The van der Waals surface area contributed by atoms with Gasteiger partial charge in [-0.1, -0.05) is 12.1 Å². The molecule has 0 unspecified atom stereocenters. The van der Waals surface area contributed by atoms with Crippen LogP contribution in [0, 0.1) is 11.3 Å². The number of hydrogen-bond donors (Lipinski definition) is 2. The normalized spacial score (nSPS) is 12.5. The number of primary sulfonamides is 1. The fourth-order valence-corrected chi connectivity index (χ4v) is 3.37. The molecule has 26 heavy (non-hydrogen) atoms. The highest BCUT2D eigenvalue weighted by atomic mass is 32.2. The van der Waals surface area contributed by atoms with Crippen molar-refractivity contribution >= 4 is 15.7 Å². The molecule has 0 amide bonds. The molecule has 0 aliphatic carbocycles. The van der Waals surface area contributed by atoms with Crippen molar-refractivity contribution in [1.82, 2.24) is 4.90 Å². The van der Waals surface area contributed by atoms with Crippen molar-refractivity contribution in [3.8, 4) is 11.8 Å². The van der Waals surface area contributed by atoms with Crippen LogP contribution in [0.5, 0.6) is 5.75 Å². The molecular weight excluding hydrogens is 352 g/mol. The Hall–Kier alpha value is -2.60. The van der Waals surface area contributed by atoms with Gasteiger partial charge >= 0.3 is 0 Å². The second-order valence-electron chi connectivity index (χ2n) is 6.00. The van der Waals surface area contributed by atoms with Gasteiger partial charge in [-0.3, -0.25) is 0 Å². The summed E-state index contributed by atoms with van der Waals surface area (Å²) < 4.78 is 29.0. The van der Waals surface area contributed by atoms with Crippen LogP contribution in [0.1, 0.15) is 17.2 Å². The molecule has 3 N–H and O–H groups in total. The minimum atomic E-state index is -3.96. The largest absolute Gasteiger partial charge is 0.497 e. The van der Waals surface area contributed by atoms with Crippen molar-refractivity contribution in [1.29, 1.82) is 5.26 Å². The SMILES string of the molecule is COc1cccc([C@@H](CNc2ccc(C#N)cc2S(N)(=O)=O)N(C)C)c1. The molecule has 0 aromatic heterocycles. The van der Waals surface area contributed by atoms with Gasteiger partial charge in [0.1, 0.15) is 10.6 Å². The van der Waals surface area contributed by atoms with Crippen LogP contribution >= 0.6 is 0 Å². The summed E-state index contributed by atoms with van der Waals surface area (Å²) in [6, 6.07) is 13.9. The Balaban J connectivity index is 2.31. The van der Waals surface area contributed by atoms with Gasteiger partial charge in [0, 0.05) is 6.54 Å². The van der Waals surface area contributed by atoms with E-state index in [1.165, 1.54) is 6.07 Å². The molecule has 8 heteroatoms. The Labute approximate surface area is 154 Å². The maximum absolute atomic E-state index is 11.9. The lowest BCUT2D eigenvalue weighted by Crippen LogP contribution is -2.27. The van der Waals surface area contributed by atoms with Crippen LogP contribution in [0.25, 0.3) is 0 Å². The molecule has 2 aromatic carbocycles. The number of benzene rings is 2. The number of nitrogens with two attached hydrogens (primary N) is 1. The Kier molecular flexibility index (Phi) is 6.21. The van der Waals surface area contributed by atoms with Crippen LogP contribution < -0.4 is 15.2 Å². The summed E-state index contributed by atoms with van der Waals surface area (Å²) in [4.78, 5) is 1.92. The van der Waals surface area contributed by atoms with E-state index in [1.54, 1.807) is 19.2 Å². The zero-order chi connectivity index (χ0) is 19.3. The molecule has 0 fully saturated rings. The first-order valence-electron chi connectivity index (χ1n) is 7.87. The number of ether oxygens (including phenoxy) is 1. The zero-order valence-electron chi connectivity index (χ0n) is 14.9. The number of hydrogen-bond acceptors (Lipinski definition) is 6. The van der Waals surface area contributed by atoms with Crippen LogP contribution in [0.2, 0.25) is 0 Å². The topological polar surface area (TPSA) is 108 Å². The van der Waals surface area contributed by atoms with Crippen molar-refractivity contribution in [3.05, 3.63) is 53.6 Å². The Bertz CT molecular complexity index is 920. The summed E-state index contributed by atoms with van der Waals surface area (Å²) >= 11 is 0. The number of nitriles is 1. The molecule has 7 nitrogen and oxygen atoms in total. The molecule has 0 aliphatic rings. The van der Waals surface area contributed by atoms with Gasteiger partial charge < -0.3 is 15.0 Å².